The molecule has 4 aromatic rings. The van der Waals surface area contributed by atoms with E-state index in [-0.39, 0.29) is 6.61 Å². The van der Waals surface area contributed by atoms with Gasteiger partial charge in [0.15, 0.2) is 0 Å². The van der Waals surface area contributed by atoms with Gasteiger partial charge in [0, 0.05) is 6.07 Å². The Morgan fingerprint density at radius 2 is 1.03 bits per heavy atom. The van der Waals surface area contributed by atoms with Crippen LogP contribution >= 0.6 is 0 Å². The van der Waals surface area contributed by atoms with Crippen LogP contribution in [0.4, 0.5) is 0 Å². The first-order chi connectivity index (χ1) is 16.7. The van der Waals surface area contributed by atoms with Crippen LogP contribution < -0.4 is 18.9 Å². The lowest BCUT2D eigenvalue weighted by Gasteiger charge is -2.13. The Kier molecular flexibility index (Phi) is 6.59. The highest BCUT2D eigenvalue weighted by Gasteiger charge is 2.07. The molecule has 0 aliphatic carbocycles. The lowest BCUT2D eigenvalue weighted by atomic mass is 10.2. The molecule has 0 saturated carbocycles. The fourth-order valence-electron chi connectivity index (χ4n) is 3.59. The van der Waals surface area contributed by atoms with E-state index in [9.17, 15) is 5.11 Å². The summed E-state index contributed by atoms with van der Waals surface area (Å²) in [5.74, 6) is 2.79. The SMILES string of the molecule is OCc1cc2cc(c1)OCc1ccc(cc1)OCc1cccc(n1)COc1ccc(cc1)CO2. The molecular weight excluding hydrogens is 430 g/mol. The van der Waals surface area contributed by atoms with Crippen LogP contribution in [0, 0.1) is 0 Å². The molecule has 172 valence electrons. The standard InChI is InChI=1S/C28H25NO5/c30-15-22-12-27-14-28(13-22)32-17-21-6-10-26(11-7-21)34-19-24-3-1-2-23(29-24)18-33-25-8-4-20(5-9-25)16-31-27/h1-14,30H,15-19H2. The minimum Gasteiger partial charge on any atom is -0.489 e. The van der Waals surface area contributed by atoms with Crippen molar-refractivity contribution in [1.82, 2.24) is 4.98 Å². The molecule has 0 fully saturated rings. The van der Waals surface area contributed by atoms with E-state index in [2.05, 4.69) is 4.98 Å². The molecule has 1 aromatic heterocycles. The second-order valence-corrected chi connectivity index (χ2v) is 8.03. The van der Waals surface area contributed by atoms with E-state index >= 15 is 0 Å². The molecule has 0 radical (unpaired) electrons. The van der Waals surface area contributed by atoms with Crippen molar-refractivity contribution in [2.45, 2.75) is 33.0 Å². The lowest BCUT2D eigenvalue weighted by molar-refractivity contribution is 0.270. The summed E-state index contributed by atoms with van der Waals surface area (Å²) >= 11 is 0. The number of aliphatic hydroxyl groups is 1. The predicted octanol–water partition coefficient (Wildman–Crippen LogP) is 5.20. The zero-order valence-electron chi connectivity index (χ0n) is 18.6. The van der Waals surface area contributed by atoms with Crippen LogP contribution in [0.2, 0.25) is 0 Å². The van der Waals surface area contributed by atoms with E-state index in [0.29, 0.717) is 37.9 Å². The van der Waals surface area contributed by atoms with Crippen molar-refractivity contribution < 1.29 is 24.1 Å². The van der Waals surface area contributed by atoms with Gasteiger partial charge in [-0.15, -0.1) is 0 Å². The summed E-state index contributed by atoms with van der Waals surface area (Å²) in [6.07, 6.45) is 0. The average Bonchev–Trinajstić information content (AvgIpc) is 2.89. The summed E-state index contributed by atoms with van der Waals surface area (Å²) in [4.78, 5) is 4.64. The number of aliphatic hydroxyl groups excluding tert-OH is 1. The van der Waals surface area contributed by atoms with Gasteiger partial charge in [0.05, 0.1) is 18.0 Å². The maximum Gasteiger partial charge on any atom is 0.130 e. The van der Waals surface area contributed by atoms with Crippen LogP contribution in [0.15, 0.2) is 84.9 Å². The third-order valence-electron chi connectivity index (χ3n) is 5.42. The monoisotopic (exact) mass is 455 g/mol. The van der Waals surface area contributed by atoms with Crippen molar-refractivity contribution in [1.29, 1.82) is 0 Å². The first-order valence-electron chi connectivity index (χ1n) is 11.1. The first kappa shape index (κ1) is 21.8. The van der Waals surface area contributed by atoms with Crippen molar-refractivity contribution in [3.63, 3.8) is 0 Å². The van der Waals surface area contributed by atoms with Gasteiger partial charge >= 0.3 is 0 Å². The van der Waals surface area contributed by atoms with E-state index in [1.54, 1.807) is 0 Å². The van der Waals surface area contributed by atoms with E-state index in [0.717, 1.165) is 39.6 Å². The topological polar surface area (TPSA) is 70.0 Å². The largest absolute Gasteiger partial charge is 0.489 e. The van der Waals surface area contributed by atoms with E-state index in [1.165, 1.54) is 0 Å². The van der Waals surface area contributed by atoms with Crippen molar-refractivity contribution in [3.8, 4) is 23.0 Å². The van der Waals surface area contributed by atoms with Crippen molar-refractivity contribution in [2.24, 2.45) is 0 Å². The molecular formula is C28H25NO5. The molecule has 4 aliphatic heterocycles. The van der Waals surface area contributed by atoms with E-state index in [4.69, 9.17) is 18.9 Å². The number of pyridine rings is 1. The molecule has 34 heavy (non-hydrogen) atoms. The van der Waals surface area contributed by atoms with Crippen LogP contribution in [-0.4, -0.2) is 10.1 Å². The number of nitrogens with zero attached hydrogens (tertiary/aromatic N) is 1. The van der Waals surface area contributed by atoms with Crippen LogP contribution in [-0.2, 0) is 33.0 Å². The quantitative estimate of drug-likeness (QED) is 0.425. The van der Waals surface area contributed by atoms with Gasteiger partial charge in [-0.25, -0.2) is 0 Å². The molecule has 0 atom stereocenters. The molecule has 8 bridgehead atoms. The Morgan fingerprint density at radius 3 is 1.50 bits per heavy atom. The molecule has 0 spiro atoms. The number of hydrogen-bond donors (Lipinski definition) is 1. The maximum atomic E-state index is 9.65. The average molecular weight is 456 g/mol. The Hall–Kier alpha value is -4.03. The second-order valence-electron chi connectivity index (χ2n) is 8.03. The normalized spacial score (nSPS) is 13.4. The van der Waals surface area contributed by atoms with E-state index < -0.39 is 0 Å². The summed E-state index contributed by atoms with van der Waals surface area (Å²) < 4.78 is 23.8. The van der Waals surface area contributed by atoms with Crippen LogP contribution in [0.25, 0.3) is 0 Å². The van der Waals surface area contributed by atoms with Crippen molar-refractivity contribution >= 4 is 0 Å². The van der Waals surface area contributed by atoms with Crippen LogP contribution in [0.5, 0.6) is 23.0 Å². The Bertz CT molecular complexity index is 1150. The number of ether oxygens (including phenoxy) is 4. The molecule has 6 heteroatoms. The summed E-state index contributed by atoms with van der Waals surface area (Å²) in [6, 6.07) is 26.8. The highest BCUT2D eigenvalue weighted by Crippen LogP contribution is 2.26. The number of hydrogen-bond acceptors (Lipinski definition) is 6. The molecule has 0 unspecified atom stereocenters. The highest BCUT2D eigenvalue weighted by molar-refractivity contribution is 5.39. The van der Waals surface area contributed by atoms with Gasteiger partial charge in [-0.1, -0.05) is 30.3 Å². The molecule has 0 saturated heterocycles. The highest BCUT2D eigenvalue weighted by atomic mass is 16.5. The fraction of sp³-hybridized carbons (Fsp3) is 0.179. The van der Waals surface area contributed by atoms with Gasteiger partial charge in [0.2, 0.25) is 0 Å². The lowest BCUT2D eigenvalue weighted by Crippen LogP contribution is -2.04. The zero-order valence-corrected chi connectivity index (χ0v) is 18.6. The van der Waals surface area contributed by atoms with Crippen LogP contribution in [0.3, 0.4) is 0 Å². The smallest absolute Gasteiger partial charge is 0.130 e. The van der Waals surface area contributed by atoms with Gasteiger partial charge in [-0.2, -0.15) is 0 Å². The third-order valence-corrected chi connectivity index (χ3v) is 5.42. The van der Waals surface area contributed by atoms with Crippen LogP contribution in [0.1, 0.15) is 28.1 Å². The van der Waals surface area contributed by atoms with Gasteiger partial charge in [-0.05, 0) is 65.2 Å². The molecule has 3 aromatic carbocycles. The van der Waals surface area contributed by atoms with Gasteiger partial charge in [0.1, 0.15) is 49.4 Å². The summed E-state index contributed by atoms with van der Waals surface area (Å²) in [5.41, 5.74) is 4.41. The summed E-state index contributed by atoms with van der Waals surface area (Å²) in [7, 11) is 0. The number of aromatic nitrogens is 1. The third kappa shape index (κ3) is 5.66. The molecule has 5 heterocycles. The Morgan fingerprint density at radius 1 is 0.559 bits per heavy atom. The maximum absolute atomic E-state index is 9.65. The van der Waals surface area contributed by atoms with Crippen molar-refractivity contribution in [3.05, 3.63) is 113 Å². The first-order valence-corrected chi connectivity index (χ1v) is 11.1. The summed E-state index contributed by atoms with van der Waals surface area (Å²) in [5, 5.41) is 9.65. The van der Waals surface area contributed by atoms with Gasteiger partial charge < -0.3 is 24.1 Å². The van der Waals surface area contributed by atoms with Gasteiger partial charge in [-0.3, -0.25) is 4.98 Å². The molecule has 8 rings (SSSR count). The number of rotatable bonds is 1. The molecule has 4 aliphatic rings. The molecule has 6 nitrogen and oxygen atoms in total. The van der Waals surface area contributed by atoms with Crippen molar-refractivity contribution in [2.75, 3.05) is 0 Å². The zero-order chi connectivity index (χ0) is 23.2. The second kappa shape index (κ2) is 10.3. The molecule has 1 N–H and O–H groups in total. The van der Waals surface area contributed by atoms with Gasteiger partial charge in [0.25, 0.3) is 0 Å². The predicted molar refractivity (Wildman–Crippen MR) is 127 cm³/mol. The minimum absolute atomic E-state index is 0.0947. The Balaban J connectivity index is 1.40. The van der Waals surface area contributed by atoms with E-state index in [1.807, 2.05) is 84.9 Å². The Labute approximate surface area is 198 Å². The summed E-state index contributed by atoms with van der Waals surface area (Å²) in [6.45, 7) is 1.42. The minimum atomic E-state index is -0.0947. The number of benzene rings is 3. The molecule has 0 amide bonds. The fourth-order valence-corrected chi connectivity index (χ4v) is 3.59.